The molecule has 4 heteroatoms. The molecule has 2 unspecified atom stereocenters. The molecule has 0 spiro atoms. The molecular weight excluding hydrogens is 230 g/mol. The van der Waals surface area contributed by atoms with Crippen molar-refractivity contribution in [3.8, 4) is 0 Å². The minimum atomic E-state index is -0.626. The van der Waals surface area contributed by atoms with Crippen molar-refractivity contribution in [1.29, 1.82) is 0 Å². The average molecular weight is 255 g/mol. The Balaban J connectivity index is 4.84. The van der Waals surface area contributed by atoms with Crippen molar-refractivity contribution in [3.05, 3.63) is 12.2 Å². The lowest BCUT2D eigenvalue weighted by atomic mass is 9.98. The fourth-order valence-electron chi connectivity index (χ4n) is 1.30. The van der Waals surface area contributed by atoms with E-state index >= 15 is 0 Å². The van der Waals surface area contributed by atoms with Gasteiger partial charge in [0, 0.05) is 5.57 Å². The maximum absolute atomic E-state index is 12.1. The highest BCUT2D eigenvalue weighted by Gasteiger charge is 2.30. The third kappa shape index (κ3) is 5.84. The molecule has 18 heavy (non-hydrogen) atoms. The first-order chi connectivity index (χ1) is 8.08. The Kier molecular flexibility index (Phi) is 6.09. The molecule has 0 saturated carbocycles. The van der Waals surface area contributed by atoms with Crippen molar-refractivity contribution < 1.29 is 14.3 Å². The van der Waals surface area contributed by atoms with Crippen LogP contribution in [0.3, 0.4) is 0 Å². The van der Waals surface area contributed by atoms with Gasteiger partial charge in [-0.25, -0.2) is 4.79 Å². The predicted molar refractivity (Wildman–Crippen MR) is 72.0 cm³/mol. The summed E-state index contributed by atoms with van der Waals surface area (Å²) in [6, 6.07) is -0.626. The monoisotopic (exact) mass is 255 g/mol. The number of hydrogen-bond acceptors (Lipinski definition) is 3. The van der Waals surface area contributed by atoms with Crippen molar-refractivity contribution in [2.75, 3.05) is 0 Å². The highest BCUT2D eigenvalue weighted by Crippen LogP contribution is 2.15. The van der Waals surface area contributed by atoms with Crippen molar-refractivity contribution in [3.63, 3.8) is 0 Å². The van der Waals surface area contributed by atoms with Crippen molar-refractivity contribution >= 4 is 11.9 Å². The molecule has 0 aliphatic carbocycles. The summed E-state index contributed by atoms with van der Waals surface area (Å²) in [5.74, 6) is -0.694. The van der Waals surface area contributed by atoms with Crippen LogP contribution in [0.5, 0.6) is 0 Å². The van der Waals surface area contributed by atoms with E-state index in [2.05, 4.69) is 11.9 Å². The van der Waals surface area contributed by atoms with Gasteiger partial charge in [-0.2, -0.15) is 0 Å². The normalized spacial score (nSPS) is 14.6. The van der Waals surface area contributed by atoms with E-state index in [0.29, 0.717) is 5.57 Å². The van der Waals surface area contributed by atoms with E-state index in [1.807, 2.05) is 13.8 Å². The van der Waals surface area contributed by atoms with Crippen molar-refractivity contribution in [1.82, 2.24) is 5.32 Å². The van der Waals surface area contributed by atoms with E-state index in [1.54, 1.807) is 27.7 Å². The van der Waals surface area contributed by atoms with Gasteiger partial charge in [0.2, 0.25) is 5.91 Å². The highest BCUT2D eigenvalue weighted by molar-refractivity contribution is 5.95. The van der Waals surface area contributed by atoms with E-state index in [4.69, 9.17) is 4.74 Å². The second-order valence-electron chi connectivity index (χ2n) is 5.65. The van der Waals surface area contributed by atoms with E-state index in [0.717, 1.165) is 6.42 Å². The summed E-state index contributed by atoms with van der Waals surface area (Å²) >= 11 is 0. The molecule has 0 radical (unpaired) electrons. The predicted octanol–water partition coefficient (Wildman–Crippen LogP) is 2.44. The van der Waals surface area contributed by atoms with Crippen LogP contribution < -0.4 is 5.32 Å². The Labute approximate surface area is 110 Å². The molecule has 1 N–H and O–H groups in total. The molecule has 0 fully saturated rings. The summed E-state index contributed by atoms with van der Waals surface area (Å²) < 4.78 is 5.32. The molecule has 4 nitrogen and oxygen atoms in total. The van der Waals surface area contributed by atoms with Gasteiger partial charge in [0.25, 0.3) is 0 Å². The first-order valence-electron chi connectivity index (χ1n) is 6.27. The number of rotatable bonds is 5. The molecular formula is C14H25NO3. The summed E-state index contributed by atoms with van der Waals surface area (Å²) in [6.07, 6.45) is 0.778. The SMILES string of the molecule is C=C(C)C(=O)NC(C(=O)OC(C)(C)C)C(C)CC. The third-order valence-electron chi connectivity index (χ3n) is 2.55. The van der Waals surface area contributed by atoms with E-state index < -0.39 is 17.6 Å². The number of carbonyl (C=O) groups excluding carboxylic acids is 2. The Morgan fingerprint density at radius 2 is 1.83 bits per heavy atom. The van der Waals surface area contributed by atoms with Crippen LogP contribution in [0.15, 0.2) is 12.2 Å². The first-order valence-corrected chi connectivity index (χ1v) is 6.27. The van der Waals surface area contributed by atoms with Gasteiger partial charge in [-0.15, -0.1) is 0 Å². The minimum absolute atomic E-state index is 0.0168. The molecule has 0 rings (SSSR count). The number of amides is 1. The fraction of sp³-hybridized carbons (Fsp3) is 0.714. The zero-order valence-electron chi connectivity index (χ0n) is 12.3. The molecule has 0 heterocycles. The van der Waals surface area contributed by atoms with Crippen LogP contribution in [0.2, 0.25) is 0 Å². The molecule has 0 aliphatic rings. The largest absolute Gasteiger partial charge is 0.458 e. The van der Waals surface area contributed by atoms with Crippen LogP contribution in [-0.2, 0) is 14.3 Å². The molecule has 0 bridgehead atoms. The second-order valence-corrected chi connectivity index (χ2v) is 5.65. The lowest BCUT2D eigenvalue weighted by Crippen LogP contribution is -2.48. The minimum Gasteiger partial charge on any atom is -0.458 e. The van der Waals surface area contributed by atoms with Gasteiger partial charge >= 0.3 is 5.97 Å². The maximum Gasteiger partial charge on any atom is 0.329 e. The van der Waals surface area contributed by atoms with Crippen molar-refractivity contribution in [2.45, 2.75) is 59.6 Å². The maximum atomic E-state index is 12.1. The smallest absolute Gasteiger partial charge is 0.329 e. The molecule has 0 aromatic carbocycles. The number of ether oxygens (including phenoxy) is 1. The zero-order valence-corrected chi connectivity index (χ0v) is 12.3. The lowest BCUT2D eigenvalue weighted by molar-refractivity contribution is -0.160. The van der Waals surface area contributed by atoms with Crippen LogP contribution in [0.4, 0.5) is 0 Å². The summed E-state index contributed by atoms with van der Waals surface area (Å²) in [5.41, 5.74) is -0.177. The standard InChI is InChI=1S/C14H25NO3/c1-8-10(4)11(15-12(16)9(2)3)13(17)18-14(5,6)7/h10-11H,2,8H2,1,3-7H3,(H,15,16). The quantitative estimate of drug-likeness (QED) is 0.606. The second kappa shape index (κ2) is 6.57. The van der Waals surface area contributed by atoms with E-state index in [-0.39, 0.29) is 11.8 Å². The molecule has 2 atom stereocenters. The van der Waals surface area contributed by atoms with Gasteiger partial charge in [-0.3, -0.25) is 4.79 Å². The number of carbonyl (C=O) groups is 2. The highest BCUT2D eigenvalue weighted by atomic mass is 16.6. The van der Waals surface area contributed by atoms with Gasteiger partial charge in [-0.05, 0) is 33.6 Å². The number of hydrogen-bond donors (Lipinski definition) is 1. The van der Waals surface area contributed by atoms with Crippen LogP contribution in [0.1, 0.15) is 48.0 Å². The molecule has 104 valence electrons. The van der Waals surface area contributed by atoms with Gasteiger partial charge in [0.05, 0.1) is 0 Å². The summed E-state index contributed by atoms with van der Waals surface area (Å²) in [7, 11) is 0. The number of nitrogens with one attached hydrogen (secondary N) is 1. The zero-order chi connectivity index (χ0) is 14.5. The first kappa shape index (κ1) is 16.7. The van der Waals surface area contributed by atoms with Gasteiger partial charge in [0.15, 0.2) is 0 Å². The fourth-order valence-corrected chi connectivity index (χ4v) is 1.30. The Hall–Kier alpha value is -1.32. The summed E-state index contributed by atoms with van der Waals surface area (Å²) in [4.78, 5) is 23.7. The molecule has 0 saturated heterocycles. The van der Waals surface area contributed by atoms with Gasteiger partial charge < -0.3 is 10.1 Å². The molecule has 1 amide bonds. The third-order valence-corrected chi connectivity index (χ3v) is 2.55. The van der Waals surface area contributed by atoms with Crippen LogP contribution in [0, 0.1) is 5.92 Å². The molecule has 0 aromatic rings. The molecule has 0 aromatic heterocycles. The van der Waals surface area contributed by atoms with Crippen LogP contribution in [-0.4, -0.2) is 23.5 Å². The topological polar surface area (TPSA) is 55.4 Å². The van der Waals surface area contributed by atoms with Crippen LogP contribution in [0.25, 0.3) is 0 Å². The molecule has 0 aliphatic heterocycles. The van der Waals surface area contributed by atoms with Gasteiger partial charge in [0.1, 0.15) is 11.6 Å². The van der Waals surface area contributed by atoms with E-state index in [9.17, 15) is 9.59 Å². The lowest BCUT2D eigenvalue weighted by Gasteiger charge is -2.27. The Morgan fingerprint density at radius 3 is 2.17 bits per heavy atom. The average Bonchev–Trinajstić information content (AvgIpc) is 2.21. The Bertz CT molecular complexity index is 328. The Morgan fingerprint density at radius 1 is 1.33 bits per heavy atom. The van der Waals surface area contributed by atoms with Crippen molar-refractivity contribution in [2.24, 2.45) is 5.92 Å². The van der Waals surface area contributed by atoms with Gasteiger partial charge in [-0.1, -0.05) is 26.8 Å². The number of esters is 1. The van der Waals surface area contributed by atoms with E-state index in [1.165, 1.54) is 0 Å². The van der Waals surface area contributed by atoms with Crippen LogP contribution >= 0.6 is 0 Å². The summed E-state index contributed by atoms with van der Waals surface area (Å²) in [6.45, 7) is 14.5. The summed E-state index contributed by atoms with van der Waals surface area (Å²) in [5, 5.41) is 2.68.